The van der Waals surface area contributed by atoms with Crippen LogP contribution in [0.15, 0.2) is 24.3 Å². The maximum absolute atomic E-state index is 12.5. The van der Waals surface area contributed by atoms with Crippen molar-refractivity contribution in [3.8, 4) is 0 Å². The van der Waals surface area contributed by atoms with Gasteiger partial charge in [-0.1, -0.05) is 12.1 Å². The van der Waals surface area contributed by atoms with E-state index in [0.29, 0.717) is 13.0 Å². The Morgan fingerprint density at radius 1 is 1.33 bits per heavy atom. The van der Waals surface area contributed by atoms with Crippen LogP contribution in [0.25, 0.3) is 0 Å². The van der Waals surface area contributed by atoms with Crippen molar-refractivity contribution in [1.29, 1.82) is 0 Å². The summed E-state index contributed by atoms with van der Waals surface area (Å²) >= 11 is 0. The Morgan fingerprint density at radius 2 is 1.95 bits per heavy atom. The molecule has 1 aliphatic heterocycles. The molecule has 21 heavy (non-hydrogen) atoms. The molecule has 1 atom stereocenters. The van der Waals surface area contributed by atoms with Crippen LogP contribution in [0, 0.1) is 0 Å². The average Bonchev–Trinajstić information content (AvgIpc) is 2.80. The van der Waals surface area contributed by atoms with Crippen molar-refractivity contribution in [1.82, 2.24) is 4.90 Å². The van der Waals surface area contributed by atoms with E-state index in [1.165, 1.54) is 19.2 Å². The topological polar surface area (TPSA) is 29.5 Å². The van der Waals surface area contributed by atoms with Crippen molar-refractivity contribution < 1.29 is 22.7 Å². The molecule has 116 valence electrons. The van der Waals surface area contributed by atoms with Gasteiger partial charge in [0.05, 0.1) is 12.7 Å². The summed E-state index contributed by atoms with van der Waals surface area (Å²) in [5, 5.41) is 0. The van der Waals surface area contributed by atoms with Gasteiger partial charge in [-0.2, -0.15) is 13.2 Å². The maximum atomic E-state index is 12.5. The van der Waals surface area contributed by atoms with E-state index < -0.39 is 17.3 Å². The minimum absolute atomic E-state index is 0.299. The van der Waals surface area contributed by atoms with E-state index in [0.717, 1.165) is 30.7 Å². The van der Waals surface area contributed by atoms with Crippen molar-refractivity contribution in [2.24, 2.45) is 0 Å². The lowest BCUT2D eigenvalue weighted by atomic mass is 9.98. The third-order valence-corrected chi connectivity index (χ3v) is 4.07. The first-order valence-electron chi connectivity index (χ1n) is 6.77. The molecular formula is C15H18F3NO2. The molecule has 0 aliphatic carbocycles. The number of hydrogen-bond acceptors (Lipinski definition) is 3. The van der Waals surface area contributed by atoms with Gasteiger partial charge in [-0.3, -0.25) is 9.69 Å². The fourth-order valence-corrected chi connectivity index (χ4v) is 2.74. The standard InChI is InChI=1S/C15H18F3NO2/c1-14(13(20)21-2)8-3-9-19(14)10-11-4-6-12(7-5-11)15(16,17)18/h4-7H,3,8-10H2,1-2H3. The minimum Gasteiger partial charge on any atom is -0.468 e. The molecule has 1 unspecified atom stereocenters. The van der Waals surface area contributed by atoms with Gasteiger partial charge in [0.15, 0.2) is 0 Å². The second-order valence-electron chi connectivity index (χ2n) is 5.49. The predicted molar refractivity (Wildman–Crippen MR) is 71.5 cm³/mol. The highest BCUT2D eigenvalue weighted by atomic mass is 19.4. The smallest absolute Gasteiger partial charge is 0.416 e. The van der Waals surface area contributed by atoms with E-state index in [1.807, 2.05) is 11.8 Å². The number of halogens is 3. The Bertz CT molecular complexity index is 513. The van der Waals surface area contributed by atoms with Crippen molar-refractivity contribution in [2.45, 2.75) is 38.0 Å². The van der Waals surface area contributed by atoms with Crippen molar-refractivity contribution in [3.63, 3.8) is 0 Å². The number of alkyl halides is 3. The van der Waals surface area contributed by atoms with E-state index in [-0.39, 0.29) is 5.97 Å². The molecule has 0 amide bonds. The van der Waals surface area contributed by atoms with Crippen LogP contribution in [0.4, 0.5) is 13.2 Å². The summed E-state index contributed by atoms with van der Waals surface area (Å²) in [7, 11) is 1.35. The highest BCUT2D eigenvalue weighted by Gasteiger charge is 2.44. The number of carbonyl (C=O) groups excluding carboxylic acids is 1. The molecule has 1 aromatic rings. The third-order valence-electron chi connectivity index (χ3n) is 4.07. The molecule has 1 fully saturated rings. The molecule has 6 heteroatoms. The zero-order chi connectivity index (χ0) is 15.7. The van der Waals surface area contributed by atoms with Gasteiger partial charge in [0.2, 0.25) is 0 Å². The number of ether oxygens (including phenoxy) is 1. The Kier molecular flexibility index (Phi) is 4.27. The van der Waals surface area contributed by atoms with Crippen LogP contribution >= 0.6 is 0 Å². The van der Waals surface area contributed by atoms with Crippen LogP contribution in [0.5, 0.6) is 0 Å². The molecule has 1 aliphatic rings. The first-order chi connectivity index (χ1) is 9.77. The summed E-state index contributed by atoms with van der Waals surface area (Å²) in [4.78, 5) is 13.9. The van der Waals surface area contributed by atoms with Gasteiger partial charge in [-0.05, 0) is 44.0 Å². The highest BCUT2D eigenvalue weighted by molar-refractivity contribution is 5.80. The lowest BCUT2D eigenvalue weighted by Crippen LogP contribution is -2.48. The Balaban J connectivity index is 2.13. The molecule has 1 aromatic carbocycles. The molecule has 0 N–H and O–H groups in total. The van der Waals surface area contributed by atoms with Crippen molar-refractivity contribution in [3.05, 3.63) is 35.4 Å². The Morgan fingerprint density at radius 3 is 2.48 bits per heavy atom. The van der Waals surface area contributed by atoms with E-state index in [1.54, 1.807) is 0 Å². The van der Waals surface area contributed by atoms with Crippen LogP contribution < -0.4 is 0 Å². The van der Waals surface area contributed by atoms with Crippen LogP contribution in [0.2, 0.25) is 0 Å². The van der Waals surface area contributed by atoms with E-state index in [4.69, 9.17) is 4.74 Å². The highest BCUT2D eigenvalue weighted by Crippen LogP contribution is 2.33. The number of carbonyl (C=O) groups is 1. The number of rotatable bonds is 3. The molecule has 0 spiro atoms. The second-order valence-corrected chi connectivity index (χ2v) is 5.49. The van der Waals surface area contributed by atoms with Gasteiger partial charge in [-0.15, -0.1) is 0 Å². The molecule has 1 heterocycles. The molecule has 2 rings (SSSR count). The molecule has 0 saturated carbocycles. The monoisotopic (exact) mass is 301 g/mol. The lowest BCUT2D eigenvalue weighted by Gasteiger charge is -2.32. The summed E-state index contributed by atoms with van der Waals surface area (Å²) in [6.07, 6.45) is -2.76. The normalized spacial score (nSPS) is 23.3. The van der Waals surface area contributed by atoms with Crippen molar-refractivity contribution >= 4 is 5.97 Å². The van der Waals surface area contributed by atoms with Crippen LogP contribution in [0.1, 0.15) is 30.9 Å². The van der Waals surface area contributed by atoms with Gasteiger partial charge < -0.3 is 4.74 Å². The maximum Gasteiger partial charge on any atom is 0.416 e. The largest absolute Gasteiger partial charge is 0.468 e. The van der Waals surface area contributed by atoms with Crippen LogP contribution in [-0.4, -0.2) is 30.1 Å². The number of likely N-dealkylation sites (tertiary alicyclic amines) is 1. The zero-order valence-corrected chi connectivity index (χ0v) is 12.0. The number of hydrogen-bond donors (Lipinski definition) is 0. The van der Waals surface area contributed by atoms with Gasteiger partial charge in [0, 0.05) is 6.54 Å². The molecule has 1 saturated heterocycles. The molecular weight excluding hydrogens is 283 g/mol. The summed E-state index contributed by atoms with van der Waals surface area (Å²) in [5.41, 5.74) is -0.610. The molecule has 0 aromatic heterocycles. The molecule has 3 nitrogen and oxygen atoms in total. The van der Waals surface area contributed by atoms with E-state index in [2.05, 4.69) is 0 Å². The van der Waals surface area contributed by atoms with E-state index >= 15 is 0 Å². The minimum atomic E-state index is -4.33. The Hall–Kier alpha value is -1.56. The van der Waals surface area contributed by atoms with Gasteiger partial charge >= 0.3 is 12.1 Å². The molecule has 0 radical (unpaired) electrons. The third kappa shape index (κ3) is 3.20. The fourth-order valence-electron chi connectivity index (χ4n) is 2.74. The second kappa shape index (κ2) is 5.67. The zero-order valence-electron chi connectivity index (χ0n) is 12.0. The van der Waals surface area contributed by atoms with Gasteiger partial charge in [-0.25, -0.2) is 0 Å². The van der Waals surface area contributed by atoms with Gasteiger partial charge in [0.25, 0.3) is 0 Å². The fraction of sp³-hybridized carbons (Fsp3) is 0.533. The summed E-state index contributed by atoms with van der Waals surface area (Å²) in [6.45, 7) is 2.98. The van der Waals surface area contributed by atoms with Crippen LogP contribution in [0.3, 0.4) is 0 Å². The number of benzene rings is 1. The predicted octanol–water partition coefficient (Wildman–Crippen LogP) is 3.23. The number of nitrogens with zero attached hydrogens (tertiary/aromatic N) is 1. The quantitative estimate of drug-likeness (QED) is 0.803. The number of esters is 1. The lowest BCUT2D eigenvalue weighted by molar-refractivity contribution is -0.152. The SMILES string of the molecule is COC(=O)C1(C)CCCN1Cc1ccc(C(F)(F)F)cc1. The van der Waals surface area contributed by atoms with E-state index in [9.17, 15) is 18.0 Å². The average molecular weight is 301 g/mol. The molecule has 0 bridgehead atoms. The first kappa shape index (κ1) is 15.8. The first-order valence-corrected chi connectivity index (χ1v) is 6.77. The Labute approximate surface area is 121 Å². The summed E-state index contributed by atoms with van der Waals surface area (Å²) < 4.78 is 42.4. The van der Waals surface area contributed by atoms with Crippen LogP contribution in [-0.2, 0) is 22.3 Å². The van der Waals surface area contributed by atoms with Crippen molar-refractivity contribution in [2.75, 3.05) is 13.7 Å². The number of methoxy groups -OCH3 is 1. The summed E-state index contributed by atoms with van der Waals surface area (Å²) in [5.74, 6) is -0.299. The van der Waals surface area contributed by atoms with Gasteiger partial charge in [0.1, 0.15) is 5.54 Å². The summed E-state index contributed by atoms with van der Waals surface area (Å²) in [6, 6.07) is 5.06.